The molecule has 1 aliphatic rings. The molecule has 0 spiro atoms. The molecule has 1 atom stereocenters. The van der Waals surface area contributed by atoms with Crippen LogP contribution in [0, 0.1) is 0 Å². The number of carbonyl (C=O) groups excluding carboxylic acids is 1. The smallest absolute Gasteiger partial charge is 0.261 e. The Morgan fingerprint density at radius 1 is 1.27 bits per heavy atom. The molecule has 0 radical (unpaired) electrons. The van der Waals surface area contributed by atoms with Crippen molar-refractivity contribution in [2.24, 2.45) is 0 Å². The van der Waals surface area contributed by atoms with Gasteiger partial charge in [-0.1, -0.05) is 36.4 Å². The minimum Gasteiger partial charge on any atom is -0.374 e. The average Bonchev–Trinajstić information content (AvgIpc) is 3.08. The molecule has 1 unspecified atom stereocenters. The van der Waals surface area contributed by atoms with Gasteiger partial charge in [0.15, 0.2) is 0 Å². The van der Waals surface area contributed by atoms with Crippen LogP contribution in [0.3, 0.4) is 0 Å². The molecule has 0 aliphatic carbocycles. The van der Waals surface area contributed by atoms with Crippen molar-refractivity contribution in [1.82, 2.24) is 10.2 Å². The standard InChI is InChI=1S/C17H20N2O2S/c20-17(16-7-4-10-22-16)18-11-15-13-19(8-9-21-15)12-14-5-2-1-3-6-14/h1-7,10,15H,8-9,11-13H2,(H,18,20). The lowest BCUT2D eigenvalue weighted by Gasteiger charge is -2.33. The first-order valence-corrected chi connectivity index (χ1v) is 8.39. The number of benzene rings is 1. The number of nitrogens with one attached hydrogen (secondary N) is 1. The van der Waals surface area contributed by atoms with Gasteiger partial charge in [-0.3, -0.25) is 9.69 Å². The Morgan fingerprint density at radius 2 is 2.14 bits per heavy atom. The van der Waals surface area contributed by atoms with Gasteiger partial charge in [-0.2, -0.15) is 0 Å². The Morgan fingerprint density at radius 3 is 2.91 bits per heavy atom. The molecule has 1 fully saturated rings. The Balaban J connectivity index is 1.47. The summed E-state index contributed by atoms with van der Waals surface area (Å²) in [5.41, 5.74) is 1.31. The van der Waals surface area contributed by atoms with Crippen molar-refractivity contribution in [2.45, 2.75) is 12.6 Å². The molecular weight excluding hydrogens is 296 g/mol. The van der Waals surface area contributed by atoms with E-state index < -0.39 is 0 Å². The molecule has 116 valence electrons. The number of morpholine rings is 1. The Bertz CT molecular complexity index is 586. The van der Waals surface area contributed by atoms with E-state index in [0.717, 1.165) is 24.5 Å². The zero-order valence-electron chi connectivity index (χ0n) is 12.4. The van der Waals surface area contributed by atoms with E-state index in [0.29, 0.717) is 13.2 Å². The monoisotopic (exact) mass is 316 g/mol. The second kappa shape index (κ2) is 7.54. The van der Waals surface area contributed by atoms with Crippen LogP contribution in [-0.2, 0) is 11.3 Å². The number of amides is 1. The predicted octanol–water partition coefficient (Wildman–Crippen LogP) is 2.38. The van der Waals surface area contributed by atoms with E-state index in [9.17, 15) is 4.79 Å². The highest BCUT2D eigenvalue weighted by molar-refractivity contribution is 7.12. The van der Waals surface area contributed by atoms with Crippen molar-refractivity contribution < 1.29 is 9.53 Å². The number of nitrogens with zero attached hydrogens (tertiary/aromatic N) is 1. The van der Waals surface area contributed by atoms with Crippen molar-refractivity contribution in [2.75, 3.05) is 26.2 Å². The summed E-state index contributed by atoms with van der Waals surface area (Å²) in [6, 6.07) is 14.2. The fourth-order valence-electron chi connectivity index (χ4n) is 2.59. The van der Waals surface area contributed by atoms with Gasteiger partial charge in [0.05, 0.1) is 17.6 Å². The normalized spacial score (nSPS) is 19.0. The van der Waals surface area contributed by atoms with Crippen molar-refractivity contribution in [3.05, 3.63) is 58.3 Å². The molecule has 1 aromatic carbocycles. The van der Waals surface area contributed by atoms with Crippen LogP contribution < -0.4 is 5.32 Å². The predicted molar refractivity (Wildman–Crippen MR) is 88.1 cm³/mol. The number of rotatable bonds is 5. The summed E-state index contributed by atoms with van der Waals surface area (Å²) in [7, 11) is 0. The van der Waals surface area contributed by atoms with Gasteiger partial charge in [-0.15, -0.1) is 11.3 Å². The summed E-state index contributed by atoms with van der Waals surface area (Å²) in [6.45, 7) is 3.98. The number of hydrogen-bond donors (Lipinski definition) is 1. The van der Waals surface area contributed by atoms with Gasteiger partial charge < -0.3 is 10.1 Å². The second-order valence-electron chi connectivity index (χ2n) is 5.40. The highest BCUT2D eigenvalue weighted by Gasteiger charge is 2.21. The summed E-state index contributed by atoms with van der Waals surface area (Å²) in [6.07, 6.45) is 0.0568. The van der Waals surface area contributed by atoms with Crippen LogP contribution in [0.15, 0.2) is 47.8 Å². The van der Waals surface area contributed by atoms with Crippen LogP contribution in [0.25, 0.3) is 0 Å². The molecule has 0 saturated carbocycles. The Hall–Kier alpha value is -1.69. The van der Waals surface area contributed by atoms with E-state index in [1.807, 2.05) is 23.6 Å². The van der Waals surface area contributed by atoms with Crippen LogP contribution in [0.1, 0.15) is 15.2 Å². The van der Waals surface area contributed by atoms with Crippen molar-refractivity contribution in [3.63, 3.8) is 0 Å². The molecule has 5 heteroatoms. The minimum absolute atomic E-state index is 0.0150. The number of ether oxygens (including phenoxy) is 1. The minimum atomic E-state index is -0.0150. The van der Waals surface area contributed by atoms with Gasteiger partial charge in [0.1, 0.15) is 0 Å². The zero-order valence-corrected chi connectivity index (χ0v) is 13.2. The molecule has 3 rings (SSSR count). The van der Waals surface area contributed by atoms with E-state index >= 15 is 0 Å². The molecule has 1 saturated heterocycles. The molecule has 1 amide bonds. The van der Waals surface area contributed by atoms with E-state index in [1.54, 1.807) is 0 Å². The molecule has 22 heavy (non-hydrogen) atoms. The number of carbonyl (C=O) groups is 1. The lowest BCUT2D eigenvalue weighted by atomic mass is 10.2. The SMILES string of the molecule is O=C(NCC1CN(Cc2ccccc2)CCO1)c1cccs1. The summed E-state index contributed by atoms with van der Waals surface area (Å²) >= 11 is 1.46. The van der Waals surface area contributed by atoms with Crippen LogP contribution in [0.5, 0.6) is 0 Å². The van der Waals surface area contributed by atoms with Crippen molar-refractivity contribution in [1.29, 1.82) is 0 Å². The molecule has 2 heterocycles. The third-order valence-corrected chi connectivity index (χ3v) is 4.58. The maximum absolute atomic E-state index is 12.0. The fourth-order valence-corrected chi connectivity index (χ4v) is 3.23. The molecule has 1 aliphatic heterocycles. The number of thiophene rings is 1. The van der Waals surface area contributed by atoms with Gasteiger partial charge in [0, 0.05) is 26.2 Å². The first-order valence-electron chi connectivity index (χ1n) is 7.51. The fraction of sp³-hybridized carbons (Fsp3) is 0.353. The van der Waals surface area contributed by atoms with E-state index in [4.69, 9.17) is 4.74 Å². The first-order chi connectivity index (χ1) is 10.8. The van der Waals surface area contributed by atoms with Gasteiger partial charge in [0.2, 0.25) is 0 Å². The van der Waals surface area contributed by atoms with Crippen LogP contribution >= 0.6 is 11.3 Å². The van der Waals surface area contributed by atoms with E-state index in [-0.39, 0.29) is 12.0 Å². The van der Waals surface area contributed by atoms with Crippen LogP contribution in [-0.4, -0.2) is 43.2 Å². The highest BCUT2D eigenvalue weighted by atomic mass is 32.1. The van der Waals surface area contributed by atoms with Gasteiger partial charge in [0.25, 0.3) is 5.91 Å². The topological polar surface area (TPSA) is 41.6 Å². The van der Waals surface area contributed by atoms with Gasteiger partial charge in [-0.05, 0) is 17.0 Å². The highest BCUT2D eigenvalue weighted by Crippen LogP contribution is 2.11. The quantitative estimate of drug-likeness (QED) is 0.921. The summed E-state index contributed by atoms with van der Waals surface area (Å²) in [5, 5.41) is 4.87. The molecule has 1 aromatic heterocycles. The Kier molecular flexibility index (Phi) is 5.21. The summed E-state index contributed by atoms with van der Waals surface area (Å²) in [5.74, 6) is -0.0150. The average molecular weight is 316 g/mol. The maximum atomic E-state index is 12.0. The molecule has 2 aromatic rings. The largest absolute Gasteiger partial charge is 0.374 e. The molecule has 4 nitrogen and oxygen atoms in total. The van der Waals surface area contributed by atoms with Gasteiger partial charge in [-0.25, -0.2) is 0 Å². The third kappa shape index (κ3) is 4.16. The zero-order chi connectivity index (χ0) is 15.2. The second-order valence-corrected chi connectivity index (χ2v) is 6.35. The van der Waals surface area contributed by atoms with Crippen LogP contribution in [0.4, 0.5) is 0 Å². The van der Waals surface area contributed by atoms with E-state index in [1.165, 1.54) is 16.9 Å². The molecule has 1 N–H and O–H groups in total. The summed E-state index contributed by atoms with van der Waals surface area (Å²) < 4.78 is 5.76. The molecular formula is C17H20N2O2S. The Labute approximate surface area is 134 Å². The summed E-state index contributed by atoms with van der Waals surface area (Å²) in [4.78, 5) is 15.1. The number of hydrogen-bond acceptors (Lipinski definition) is 4. The van der Waals surface area contributed by atoms with Gasteiger partial charge >= 0.3 is 0 Å². The lowest BCUT2D eigenvalue weighted by molar-refractivity contribution is -0.0292. The molecule has 0 bridgehead atoms. The van der Waals surface area contributed by atoms with E-state index in [2.05, 4.69) is 34.5 Å². The first kappa shape index (κ1) is 15.2. The van der Waals surface area contributed by atoms with Crippen LogP contribution in [0.2, 0.25) is 0 Å². The van der Waals surface area contributed by atoms with Crippen molar-refractivity contribution in [3.8, 4) is 0 Å². The van der Waals surface area contributed by atoms with Crippen molar-refractivity contribution >= 4 is 17.2 Å². The lowest BCUT2D eigenvalue weighted by Crippen LogP contribution is -2.47. The maximum Gasteiger partial charge on any atom is 0.261 e. The third-order valence-electron chi connectivity index (χ3n) is 3.71.